The van der Waals surface area contributed by atoms with Crippen LogP contribution in [0.4, 0.5) is 0 Å². The second kappa shape index (κ2) is 6.53. The molecule has 0 aromatic rings. The van der Waals surface area contributed by atoms with Crippen molar-refractivity contribution in [2.24, 2.45) is 5.73 Å². The van der Waals surface area contributed by atoms with Crippen LogP contribution in [0.15, 0.2) is 0 Å². The highest BCUT2D eigenvalue weighted by atomic mass is 16.5. The molecular weight excluding hydrogens is 228 g/mol. The fourth-order valence-electron chi connectivity index (χ4n) is 1.68. The van der Waals surface area contributed by atoms with Crippen LogP contribution in [0.25, 0.3) is 0 Å². The van der Waals surface area contributed by atoms with E-state index in [9.17, 15) is 9.59 Å². The van der Waals surface area contributed by atoms with Gasteiger partial charge in [-0.05, 0) is 12.8 Å². The standard InChI is InChI=1S/C10H18N2O5/c1-16-8(4-11)9(13)12-5-6-2-3-7(17-6)10(14)15/h6-8H,2-5,11H2,1H3,(H,12,13)(H,14,15). The topological polar surface area (TPSA) is 111 Å². The second-order valence-corrected chi connectivity index (χ2v) is 3.87. The maximum Gasteiger partial charge on any atom is 0.332 e. The van der Waals surface area contributed by atoms with Crippen molar-refractivity contribution in [3.05, 3.63) is 0 Å². The molecule has 0 aromatic heterocycles. The van der Waals surface area contributed by atoms with E-state index in [0.29, 0.717) is 12.8 Å². The maximum atomic E-state index is 11.5. The molecule has 1 fully saturated rings. The molecule has 1 aliphatic rings. The smallest absolute Gasteiger partial charge is 0.332 e. The summed E-state index contributed by atoms with van der Waals surface area (Å²) in [5.74, 6) is -1.27. The molecule has 1 saturated heterocycles. The summed E-state index contributed by atoms with van der Waals surface area (Å²) in [6, 6.07) is 0. The monoisotopic (exact) mass is 246 g/mol. The summed E-state index contributed by atoms with van der Waals surface area (Å²) < 4.78 is 10.1. The fourth-order valence-corrected chi connectivity index (χ4v) is 1.68. The number of hydrogen-bond acceptors (Lipinski definition) is 5. The molecule has 0 spiro atoms. The van der Waals surface area contributed by atoms with Gasteiger partial charge in [0.15, 0.2) is 6.10 Å². The molecule has 17 heavy (non-hydrogen) atoms. The summed E-state index contributed by atoms with van der Waals surface area (Å²) >= 11 is 0. The summed E-state index contributed by atoms with van der Waals surface area (Å²) in [6.45, 7) is 0.383. The number of hydrogen-bond donors (Lipinski definition) is 3. The van der Waals surface area contributed by atoms with Gasteiger partial charge >= 0.3 is 5.97 Å². The lowest BCUT2D eigenvalue weighted by atomic mass is 10.2. The summed E-state index contributed by atoms with van der Waals surface area (Å²) in [4.78, 5) is 22.1. The van der Waals surface area contributed by atoms with E-state index >= 15 is 0 Å². The van der Waals surface area contributed by atoms with Crippen LogP contribution in [-0.2, 0) is 19.1 Å². The lowest BCUT2D eigenvalue weighted by Gasteiger charge is -2.16. The van der Waals surface area contributed by atoms with Crippen LogP contribution in [0.2, 0.25) is 0 Å². The predicted octanol–water partition coefficient (Wildman–Crippen LogP) is -1.29. The largest absolute Gasteiger partial charge is 0.479 e. The number of nitrogens with one attached hydrogen (secondary N) is 1. The number of aliphatic carboxylic acids is 1. The highest BCUT2D eigenvalue weighted by Gasteiger charge is 2.30. The Morgan fingerprint density at radius 2 is 2.29 bits per heavy atom. The zero-order valence-electron chi connectivity index (χ0n) is 9.72. The zero-order valence-corrected chi connectivity index (χ0v) is 9.72. The number of ether oxygens (including phenoxy) is 2. The van der Waals surface area contributed by atoms with Crippen LogP contribution >= 0.6 is 0 Å². The molecule has 1 rings (SSSR count). The molecule has 1 amide bonds. The third-order valence-corrected chi connectivity index (χ3v) is 2.68. The number of rotatable bonds is 6. The van der Waals surface area contributed by atoms with E-state index < -0.39 is 18.2 Å². The first-order chi connectivity index (χ1) is 8.08. The molecule has 1 heterocycles. The Labute approximate surface area is 99.3 Å². The Kier molecular flexibility index (Phi) is 5.33. The second-order valence-electron chi connectivity index (χ2n) is 3.87. The molecule has 1 aliphatic heterocycles. The van der Waals surface area contributed by atoms with Crippen molar-refractivity contribution in [3.63, 3.8) is 0 Å². The van der Waals surface area contributed by atoms with E-state index in [2.05, 4.69) is 5.32 Å². The third-order valence-electron chi connectivity index (χ3n) is 2.68. The number of carbonyl (C=O) groups is 2. The number of carboxylic acid groups (broad SMARTS) is 1. The Balaban J connectivity index is 2.28. The normalized spacial score (nSPS) is 25.5. The van der Waals surface area contributed by atoms with Crippen LogP contribution in [0.3, 0.4) is 0 Å². The molecular formula is C10H18N2O5. The van der Waals surface area contributed by atoms with Crippen LogP contribution in [-0.4, -0.2) is 55.5 Å². The minimum absolute atomic E-state index is 0.103. The summed E-state index contributed by atoms with van der Waals surface area (Å²) in [5.41, 5.74) is 5.33. The minimum Gasteiger partial charge on any atom is -0.479 e. The van der Waals surface area contributed by atoms with E-state index in [1.807, 2.05) is 0 Å². The highest BCUT2D eigenvalue weighted by molar-refractivity contribution is 5.81. The number of amides is 1. The lowest BCUT2D eigenvalue weighted by Crippen LogP contribution is -2.43. The average Bonchev–Trinajstić information content (AvgIpc) is 2.76. The third kappa shape index (κ3) is 3.95. The summed E-state index contributed by atoms with van der Waals surface area (Å²) in [7, 11) is 1.41. The number of carboxylic acids is 1. The SMILES string of the molecule is COC(CN)C(=O)NCC1CCC(C(=O)O)O1. The number of carbonyl (C=O) groups excluding carboxylic acids is 1. The van der Waals surface area contributed by atoms with E-state index in [4.69, 9.17) is 20.3 Å². The first kappa shape index (κ1) is 13.9. The summed E-state index contributed by atoms with van der Waals surface area (Å²) in [6.07, 6.45) is -0.593. The predicted molar refractivity (Wildman–Crippen MR) is 58.4 cm³/mol. The Morgan fingerprint density at radius 1 is 1.59 bits per heavy atom. The van der Waals surface area contributed by atoms with Crippen molar-refractivity contribution in [1.29, 1.82) is 0 Å². The minimum atomic E-state index is -0.962. The van der Waals surface area contributed by atoms with Crippen LogP contribution in [0.5, 0.6) is 0 Å². The fraction of sp³-hybridized carbons (Fsp3) is 0.800. The van der Waals surface area contributed by atoms with Crippen molar-refractivity contribution in [3.8, 4) is 0 Å². The van der Waals surface area contributed by atoms with Gasteiger partial charge in [0.05, 0.1) is 6.10 Å². The van der Waals surface area contributed by atoms with Gasteiger partial charge in [0.2, 0.25) is 0 Å². The van der Waals surface area contributed by atoms with Gasteiger partial charge in [-0.15, -0.1) is 0 Å². The first-order valence-corrected chi connectivity index (χ1v) is 5.47. The van der Waals surface area contributed by atoms with Crippen molar-refractivity contribution in [2.75, 3.05) is 20.2 Å². The molecule has 0 aromatic carbocycles. The van der Waals surface area contributed by atoms with Gasteiger partial charge in [-0.3, -0.25) is 4.79 Å². The number of nitrogens with two attached hydrogens (primary N) is 1. The molecule has 7 heteroatoms. The van der Waals surface area contributed by atoms with Gasteiger partial charge < -0.3 is 25.6 Å². The molecule has 3 atom stereocenters. The summed E-state index contributed by atoms with van der Waals surface area (Å²) in [5, 5.41) is 11.3. The highest BCUT2D eigenvalue weighted by Crippen LogP contribution is 2.19. The van der Waals surface area contributed by atoms with Crippen molar-refractivity contribution in [1.82, 2.24) is 5.32 Å². The van der Waals surface area contributed by atoms with Crippen molar-refractivity contribution < 1.29 is 24.2 Å². The molecule has 0 saturated carbocycles. The van der Waals surface area contributed by atoms with E-state index in [0.717, 1.165) is 0 Å². The molecule has 98 valence electrons. The van der Waals surface area contributed by atoms with Crippen LogP contribution in [0, 0.1) is 0 Å². The average molecular weight is 246 g/mol. The molecule has 4 N–H and O–H groups in total. The van der Waals surface area contributed by atoms with Gasteiger partial charge in [-0.2, -0.15) is 0 Å². The van der Waals surface area contributed by atoms with Gasteiger partial charge in [-0.1, -0.05) is 0 Å². The first-order valence-electron chi connectivity index (χ1n) is 5.47. The van der Waals surface area contributed by atoms with Gasteiger partial charge in [0.25, 0.3) is 5.91 Å². The molecule has 7 nitrogen and oxygen atoms in total. The molecule has 0 aliphatic carbocycles. The van der Waals surface area contributed by atoms with E-state index in [1.165, 1.54) is 7.11 Å². The Bertz CT molecular complexity index is 280. The molecule has 0 radical (unpaired) electrons. The lowest BCUT2D eigenvalue weighted by molar-refractivity contribution is -0.149. The molecule has 3 unspecified atom stereocenters. The van der Waals surface area contributed by atoms with E-state index in [-0.39, 0.29) is 25.1 Å². The van der Waals surface area contributed by atoms with Crippen molar-refractivity contribution >= 4 is 11.9 Å². The Hall–Kier alpha value is -1.18. The Morgan fingerprint density at radius 3 is 2.76 bits per heavy atom. The van der Waals surface area contributed by atoms with Crippen LogP contribution < -0.4 is 11.1 Å². The van der Waals surface area contributed by atoms with Crippen molar-refractivity contribution in [2.45, 2.75) is 31.2 Å². The van der Waals surface area contributed by atoms with Gasteiger partial charge in [0.1, 0.15) is 6.10 Å². The maximum absolute atomic E-state index is 11.5. The van der Waals surface area contributed by atoms with Gasteiger partial charge in [-0.25, -0.2) is 4.79 Å². The quantitative estimate of drug-likeness (QED) is 0.537. The molecule has 0 bridgehead atoms. The van der Waals surface area contributed by atoms with E-state index in [1.54, 1.807) is 0 Å². The van der Waals surface area contributed by atoms with Crippen LogP contribution in [0.1, 0.15) is 12.8 Å². The zero-order chi connectivity index (χ0) is 12.8. The van der Waals surface area contributed by atoms with Gasteiger partial charge in [0, 0.05) is 20.2 Å². The number of methoxy groups -OCH3 is 1.